The van der Waals surface area contributed by atoms with E-state index in [4.69, 9.17) is 4.74 Å². The summed E-state index contributed by atoms with van der Waals surface area (Å²) in [6.07, 6.45) is 0.777. The minimum Gasteiger partial charge on any atom is -0.445 e. The van der Waals surface area contributed by atoms with Crippen molar-refractivity contribution in [3.05, 3.63) is 71.8 Å². The van der Waals surface area contributed by atoms with Crippen molar-refractivity contribution in [2.75, 3.05) is 6.54 Å². The Hall–Kier alpha value is -2.29. The number of carbonyl (C=O) groups is 1. The Balaban J connectivity index is 1.59. The summed E-state index contributed by atoms with van der Waals surface area (Å²) in [4.78, 5) is 14.2. The molecule has 2 aromatic carbocycles. The van der Waals surface area contributed by atoms with Crippen LogP contribution in [-0.2, 0) is 11.3 Å². The van der Waals surface area contributed by atoms with Crippen LogP contribution in [0.2, 0.25) is 0 Å². The maximum Gasteiger partial charge on any atom is 0.410 e. The average molecular weight is 295 g/mol. The van der Waals surface area contributed by atoms with Crippen LogP contribution in [0.25, 0.3) is 0 Å². The molecule has 2 aromatic rings. The number of carbonyl (C=O) groups excluding carboxylic acids is 1. The molecule has 3 nitrogen and oxygen atoms in total. The largest absolute Gasteiger partial charge is 0.445 e. The van der Waals surface area contributed by atoms with Crippen LogP contribution in [0.1, 0.15) is 30.4 Å². The molecule has 0 unspecified atom stereocenters. The SMILES string of the molecule is C[C@H]1C[C@@H](c2ccccc2)CN1C(=O)OCc1ccccc1. The third kappa shape index (κ3) is 3.30. The number of hydrogen-bond acceptors (Lipinski definition) is 2. The highest BCUT2D eigenvalue weighted by atomic mass is 16.6. The van der Waals surface area contributed by atoms with E-state index in [1.54, 1.807) is 0 Å². The first-order valence-electron chi connectivity index (χ1n) is 7.76. The monoisotopic (exact) mass is 295 g/mol. The third-order valence-corrected chi connectivity index (χ3v) is 4.29. The van der Waals surface area contributed by atoms with Crippen molar-refractivity contribution in [2.24, 2.45) is 0 Å². The van der Waals surface area contributed by atoms with Crippen LogP contribution in [-0.4, -0.2) is 23.6 Å². The molecule has 0 spiro atoms. The molecule has 0 bridgehead atoms. The van der Waals surface area contributed by atoms with E-state index in [0.29, 0.717) is 12.5 Å². The normalized spacial score (nSPS) is 20.9. The minimum atomic E-state index is -0.213. The lowest BCUT2D eigenvalue weighted by molar-refractivity contribution is 0.0941. The van der Waals surface area contributed by atoms with Gasteiger partial charge in [0, 0.05) is 18.5 Å². The molecule has 1 heterocycles. The van der Waals surface area contributed by atoms with Crippen LogP contribution in [0.4, 0.5) is 4.79 Å². The topological polar surface area (TPSA) is 29.5 Å². The molecule has 0 aliphatic carbocycles. The smallest absolute Gasteiger partial charge is 0.410 e. The first-order valence-corrected chi connectivity index (χ1v) is 7.76. The number of nitrogens with zero attached hydrogens (tertiary/aromatic N) is 1. The van der Waals surface area contributed by atoms with E-state index in [2.05, 4.69) is 31.2 Å². The number of likely N-dealkylation sites (tertiary alicyclic amines) is 1. The van der Waals surface area contributed by atoms with E-state index in [1.165, 1.54) is 5.56 Å². The molecule has 0 aromatic heterocycles. The summed E-state index contributed by atoms with van der Waals surface area (Å²) in [5.41, 5.74) is 2.31. The van der Waals surface area contributed by atoms with Crippen LogP contribution >= 0.6 is 0 Å². The molecular formula is C19H21NO2. The lowest BCUT2D eigenvalue weighted by atomic mass is 9.97. The van der Waals surface area contributed by atoms with Crippen molar-refractivity contribution in [3.63, 3.8) is 0 Å². The predicted octanol–water partition coefficient (Wildman–Crippen LogP) is 4.20. The Morgan fingerprint density at radius 2 is 1.73 bits per heavy atom. The van der Waals surface area contributed by atoms with Crippen molar-refractivity contribution < 1.29 is 9.53 Å². The molecule has 1 saturated heterocycles. The Labute approximate surface area is 131 Å². The summed E-state index contributed by atoms with van der Waals surface area (Å²) < 4.78 is 5.45. The Kier molecular flexibility index (Phi) is 4.42. The van der Waals surface area contributed by atoms with Gasteiger partial charge in [-0.3, -0.25) is 0 Å². The van der Waals surface area contributed by atoms with Gasteiger partial charge in [-0.2, -0.15) is 0 Å². The predicted molar refractivity (Wildman–Crippen MR) is 86.6 cm³/mol. The maximum absolute atomic E-state index is 12.3. The van der Waals surface area contributed by atoms with Gasteiger partial charge >= 0.3 is 6.09 Å². The quantitative estimate of drug-likeness (QED) is 0.849. The van der Waals surface area contributed by atoms with Gasteiger partial charge in [-0.15, -0.1) is 0 Å². The molecule has 2 atom stereocenters. The molecule has 114 valence electrons. The highest BCUT2D eigenvalue weighted by molar-refractivity contribution is 5.68. The first-order chi connectivity index (χ1) is 10.7. The third-order valence-electron chi connectivity index (χ3n) is 4.29. The summed E-state index contributed by atoms with van der Waals surface area (Å²) in [5, 5.41) is 0. The van der Waals surface area contributed by atoms with Crippen molar-refractivity contribution >= 4 is 6.09 Å². The van der Waals surface area contributed by atoms with Crippen molar-refractivity contribution in [2.45, 2.75) is 31.9 Å². The molecule has 22 heavy (non-hydrogen) atoms. The molecule has 1 aliphatic rings. The van der Waals surface area contributed by atoms with E-state index < -0.39 is 0 Å². The lowest BCUT2D eigenvalue weighted by Gasteiger charge is -2.20. The molecule has 0 radical (unpaired) electrons. The van der Waals surface area contributed by atoms with Crippen molar-refractivity contribution in [1.82, 2.24) is 4.90 Å². The fourth-order valence-corrected chi connectivity index (χ4v) is 3.05. The maximum atomic E-state index is 12.3. The van der Waals surface area contributed by atoms with E-state index in [0.717, 1.165) is 18.5 Å². The standard InChI is InChI=1S/C19H21NO2/c1-15-12-18(17-10-6-3-7-11-17)13-20(15)19(21)22-14-16-8-4-2-5-9-16/h2-11,15,18H,12-14H2,1H3/t15-,18+/m0/s1. The fraction of sp³-hybridized carbons (Fsp3) is 0.316. The van der Waals surface area contributed by atoms with E-state index in [1.807, 2.05) is 41.3 Å². The molecule has 0 saturated carbocycles. The van der Waals surface area contributed by atoms with Crippen LogP contribution in [0.5, 0.6) is 0 Å². The summed E-state index contributed by atoms with van der Waals surface area (Å²) in [6.45, 7) is 3.16. The minimum absolute atomic E-state index is 0.213. The summed E-state index contributed by atoms with van der Waals surface area (Å²) in [7, 11) is 0. The highest BCUT2D eigenvalue weighted by Gasteiger charge is 2.34. The van der Waals surface area contributed by atoms with Gasteiger partial charge < -0.3 is 9.64 Å². The molecule has 1 amide bonds. The van der Waals surface area contributed by atoms with Gasteiger partial charge in [0.25, 0.3) is 0 Å². The number of rotatable bonds is 3. The zero-order chi connectivity index (χ0) is 15.4. The van der Waals surface area contributed by atoms with Gasteiger partial charge in [-0.25, -0.2) is 4.79 Å². The van der Waals surface area contributed by atoms with Crippen molar-refractivity contribution in [1.29, 1.82) is 0 Å². The molecule has 1 aliphatic heterocycles. The molecular weight excluding hydrogens is 274 g/mol. The van der Waals surface area contributed by atoms with Gasteiger partial charge in [-0.05, 0) is 24.5 Å². The fourth-order valence-electron chi connectivity index (χ4n) is 3.05. The van der Waals surface area contributed by atoms with E-state index in [9.17, 15) is 4.79 Å². The van der Waals surface area contributed by atoms with Gasteiger partial charge in [0.1, 0.15) is 6.61 Å². The number of amides is 1. The second-order valence-corrected chi connectivity index (χ2v) is 5.88. The van der Waals surface area contributed by atoms with Crippen LogP contribution in [0.15, 0.2) is 60.7 Å². The van der Waals surface area contributed by atoms with Gasteiger partial charge in [0.2, 0.25) is 0 Å². The molecule has 3 heteroatoms. The summed E-state index contributed by atoms with van der Waals surface area (Å²) >= 11 is 0. The number of ether oxygens (including phenoxy) is 1. The van der Waals surface area contributed by atoms with E-state index >= 15 is 0 Å². The Bertz CT molecular complexity index is 612. The number of hydrogen-bond donors (Lipinski definition) is 0. The van der Waals surface area contributed by atoms with E-state index in [-0.39, 0.29) is 12.1 Å². The zero-order valence-corrected chi connectivity index (χ0v) is 12.8. The Morgan fingerprint density at radius 1 is 1.09 bits per heavy atom. The van der Waals surface area contributed by atoms with Gasteiger partial charge in [-0.1, -0.05) is 60.7 Å². The highest BCUT2D eigenvalue weighted by Crippen LogP contribution is 2.31. The summed E-state index contributed by atoms with van der Waals surface area (Å²) in [6, 6.07) is 20.4. The second kappa shape index (κ2) is 6.65. The lowest BCUT2D eigenvalue weighted by Crippen LogP contribution is -2.34. The first kappa shape index (κ1) is 14.6. The van der Waals surface area contributed by atoms with Crippen LogP contribution in [0.3, 0.4) is 0 Å². The van der Waals surface area contributed by atoms with Crippen molar-refractivity contribution in [3.8, 4) is 0 Å². The number of benzene rings is 2. The van der Waals surface area contributed by atoms with Gasteiger partial charge in [0.15, 0.2) is 0 Å². The van der Waals surface area contributed by atoms with Gasteiger partial charge in [0.05, 0.1) is 0 Å². The Morgan fingerprint density at radius 3 is 2.41 bits per heavy atom. The zero-order valence-electron chi connectivity index (χ0n) is 12.8. The van der Waals surface area contributed by atoms with Crippen LogP contribution < -0.4 is 0 Å². The molecule has 3 rings (SSSR count). The summed E-state index contributed by atoms with van der Waals surface area (Å²) in [5.74, 6) is 0.403. The molecule has 1 fully saturated rings. The second-order valence-electron chi connectivity index (χ2n) is 5.88. The van der Waals surface area contributed by atoms with Crippen LogP contribution in [0, 0.1) is 0 Å². The average Bonchev–Trinajstić information content (AvgIpc) is 2.96. The molecule has 0 N–H and O–H groups in total.